The minimum Gasteiger partial charge on any atom is -0.478 e. The van der Waals surface area contributed by atoms with Crippen LogP contribution in [-0.4, -0.2) is 63.1 Å². The first-order valence-corrected chi connectivity index (χ1v) is 12.2. The highest BCUT2D eigenvalue weighted by molar-refractivity contribution is 6.32. The Morgan fingerprint density at radius 3 is 2.27 bits per heavy atom. The molecule has 8 nitrogen and oxygen atoms in total. The van der Waals surface area contributed by atoms with Crippen LogP contribution < -0.4 is 4.74 Å². The summed E-state index contributed by atoms with van der Waals surface area (Å²) >= 11 is 6.41. The quantitative estimate of drug-likeness (QED) is 0.414. The molecule has 3 heterocycles. The molecule has 1 fully saturated rings. The van der Waals surface area contributed by atoms with Gasteiger partial charge in [0.05, 0.1) is 12.3 Å². The number of carbonyl (C=O) groups is 2. The maximum atomic E-state index is 9.55. The van der Waals surface area contributed by atoms with Crippen molar-refractivity contribution in [2.45, 2.75) is 72.3 Å². The number of aryl methyl sites for hydroxylation is 1. The zero-order valence-electron chi connectivity index (χ0n) is 20.1. The highest BCUT2D eigenvalue weighted by atomic mass is 35.5. The molecule has 0 bridgehead atoms. The molecule has 3 rings (SSSR count). The van der Waals surface area contributed by atoms with Crippen molar-refractivity contribution in [2.75, 3.05) is 26.2 Å². The molecule has 186 valence electrons. The first-order valence-electron chi connectivity index (χ1n) is 11.8. The smallest absolute Gasteiger partial charge is 0.328 e. The van der Waals surface area contributed by atoms with E-state index >= 15 is 0 Å². The topological polar surface area (TPSA) is 105 Å². The molecule has 33 heavy (non-hydrogen) atoms. The normalized spacial score (nSPS) is 17.3. The van der Waals surface area contributed by atoms with E-state index in [9.17, 15) is 9.59 Å². The van der Waals surface area contributed by atoms with E-state index in [0.29, 0.717) is 30.1 Å². The van der Waals surface area contributed by atoms with Crippen molar-refractivity contribution >= 4 is 23.5 Å². The van der Waals surface area contributed by atoms with Crippen LogP contribution in [0, 0.1) is 11.3 Å². The highest BCUT2D eigenvalue weighted by Gasteiger charge is 2.28. The van der Waals surface area contributed by atoms with Gasteiger partial charge < -0.3 is 19.8 Å². The molecular formula is C24H38ClN3O5. The van der Waals surface area contributed by atoms with Crippen LogP contribution in [0.15, 0.2) is 12.2 Å². The Labute approximate surface area is 201 Å². The van der Waals surface area contributed by atoms with Gasteiger partial charge in [0, 0.05) is 18.7 Å². The maximum absolute atomic E-state index is 9.55. The van der Waals surface area contributed by atoms with E-state index in [2.05, 4.69) is 30.8 Å². The van der Waals surface area contributed by atoms with Crippen molar-refractivity contribution in [1.82, 2.24) is 14.7 Å². The number of hydrogen-bond acceptors (Lipinski definition) is 5. The number of piperidine rings is 1. The number of carboxylic acids is 2. The summed E-state index contributed by atoms with van der Waals surface area (Å²) < 4.78 is 7.89. The van der Waals surface area contributed by atoms with Crippen LogP contribution >= 0.6 is 11.6 Å². The minimum absolute atomic E-state index is 0.461. The van der Waals surface area contributed by atoms with E-state index in [1.807, 2.05) is 4.68 Å². The average molecular weight is 484 g/mol. The van der Waals surface area contributed by atoms with Crippen molar-refractivity contribution in [3.05, 3.63) is 22.9 Å². The summed E-state index contributed by atoms with van der Waals surface area (Å²) in [5.74, 6) is -0.995. The van der Waals surface area contributed by atoms with Crippen LogP contribution in [0.25, 0.3) is 0 Å². The summed E-state index contributed by atoms with van der Waals surface area (Å²) in [6.07, 6.45) is 9.48. The summed E-state index contributed by atoms with van der Waals surface area (Å²) in [5.41, 5.74) is 1.62. The molecule has 1 saturated heterocycles. The van der Waals surface area contributed by atoms with Crippen LogP contribution in [0.3, 0.4) is 0 Å². The third kappa shape index (κ3) is 9.37. The molecule has 0 atom stereocenters. The number of carboxylic acid groups (broad SMARTS) is 2. The van der Waals surface area contributed by atoms with Gasteiger partial charge in [0.2, 0.25) is 0 Å². The molecular weight excluding hydrogens is 446 g/mol. The molecule has 0 aliphatic carbocycles. The second kappa shape index (κ2) is 13.0. The number of ether oxygens (including phenoxy) is 1. The van der Waals surface area contributed by atoms with E-state index in [-0.39, 0.29) is 0 Å². The Bertz CT molecular complexity index is 792. The van der Waals surface area contributed by atoms with Gasteiger partial charge >= 0.3 is 11.9 Å². The fourth-order valence-corrected chi connectivity index (χ4v) is 4.58. The predicted molar refractivity (Wildman–Crippen MR) is 128 cm³/mol. The van der Waals surface area contributed by atoms with Crippen molar-refractivity contribution in [3.8, 4) is 5.88 Å². The Hall–Kier alpha value is -2.06. The second-order valence-corrected chi connectivity index (χ2v) is 10.2. The van der Waals surface area contributed by atoms with Gasteiger partial charge in [0.25, 0.3) is 5.88 Å². The Balaban J connectivity index is 0.000000414. The van der Waals surface area contributed by atoms with Crippen LogP contribution in [0.2, 0.25) is 5.02 Å². The number of aliphatic carboxylic acids is 2. The van der Waals surface area contributed by atoms with Crippen LogP contribution in [0.5, 0.6) is 5.88 Å². The van der Waals surface area contributed by atoms with Crippen LogP contribution in [0.4, 0.5) is 0 Å². The predicted octanol–water partition coefficient (Wildman–Crippen LogP) is 4.50. The molecule has 0 amide bonds. The van der Waals surface area contributed by atoms with E-state index < -0.39 is 11.9 Å². The summed E-state index contributed by atoms with van der Waals surface area (Å²) in [4.78, 5) is 21.7. The first-order chi connectivity index (χ1) is 15.6. The average Bonchev–Trinajstić information content (AvgIpc) is 3.08. The number of likely N-dealkylation sites (tertiary alicyclic amines) is 1. The molecule has 1 aromatic rings. The van der Waals surface area contributed by atoms with Crippen molar-refractivity contribution in [3.63, 3.8) is 0 Å². The zero-order chi connectivity index (χ0) is 24.4. The molecule has 2 aliphatic heterocycles. The molecule has 2 N–H and O–H groups in total. The monoisotopic (exact) mass is 483 g/mol. The van der Waals surface area contributed by atoms with Gasteiger partial charge in [-0.05, 0) is 75.9 Å². The lowest BCUT2D eigenvalue weighted by Crippen LogP contribution is -2.38. The number of nitrogens with zero attached hydrogens (tertiary/aromatic N) is 3. The molecule has 0 spiro atoms. The SMILES string of the molecule is CC(C)(C)C1CCN(CCCCOc2nn3c(c2Cl)CCCC3)CC1.O=C(O)C=CC(=O)O. The van der Waals surface area contributed by atoms with E-state index in [0.717, 1.165) is 36.0 Å². The van der Waals surface area contributed by atoms with Gasteiger partial charge in [-0.3, -0.25) is 4.68 Å². The van der Waals surface area contributed by atoms with Crippen molar-refractivity contribution in [2.24, 2.45) is 11.3 Å². The van der Waals surface area contributed by atoms with E-state index in [1.54, 1.807) is 0 Å². The van der Waals surface area contributed by atoms with Crippen molar-refractivity contribution in [1.29, 1.82) is 0 Å². The lowest BCUT2D eigenvalue weighted by Gasteiger charge is -2.38. The molecule has 0 aromatic carbocycles. The van der Waals surface area contributed by atoms with Gasteiger partial charge in [-0.15, -0.1) is 5.10 Å². The lowest BCUT2D eigenvalue weighted by atomic mass is 9.75. The second-order valence-electron chi connectivity index (χ2n) is 9.79. The van der Waals surface area contributed by atoms with Gasteiger partial charge in [-0.2, -0.15) is 0 Å². The van der Waals surface area contributed by atoms with Gasteiger partial charge in [0.15, 0.2) is 0 Å². The van der Waals surface area contributed by atoms with Crippen LogP contribution in [-0.2, 0) is 22.6 Å². The van der Waals surface area contributed by atoms with Gasteiger partial charge in [-0.25, -0.2) is 9.59 Å². The minimum atomic E-state index is -1.26. The van der Waals surface area contributed by atoms with Crippen LogP contribution in [0.1, 0.15) is 65.0 Å². The van der Waals surface area contributed by atoms with Crippen molar-refractivity contribution < 1.29 is 24.5 Å². The standard InChI is InChI=1S/C20H34ClN3O.C4H4O4/c1-20(2,3)16-9-13-23(14-10-16)11-6-7-15-25-19-18(21)17-8-4-5-12-24(17)22-19;5-3(6)1-2-4(7)8/h16H,4-15H2,1-3H3;1-2H,(H,5,6)(H,7,8). The van der Waals surface area contributed by atoms with E-state index in [4.69, 9.17) is 26.6 Å². The number of hydrogen-bond donors (Lipinski definition) is 2. The molecule has 0 radical (unpaired) electrons. The third-order valence-electron chi connectivity index (χ3n) is 6.29. The first kappa shape index (κ1) is 27.2. The maximum Gasteiger partial charge on any atom is 0.328 e. The highest BCUT2D eigenvalue weighted by Crippen LogP contribution is 2.34. The lowest BCUT2D eigenvalue weighted by molar-refractivity contribution is -0.134. The van der Waals surface area contributed by atoms with Gasteiger partial charge in [-0.1, -0.05) is 32.4 Å². The molecule has 2 aliphatic rings. The third-order valence-corrected chi connectivity index (χ3v) is 6.67. The largest absolute Gasteiger partial charge is 0.478 e. The number of aromatic nitrogens is 2. The summed E-state index contributed by atoms with van der Waals surface area (Å²) in [6.45, 7) is 12.5. The van der Waals surface area contributed by atoms with E-state index in [1.165, 1.54) is 51.7 Å². The summed E-state index contributed by atoms with van der Waals surface area (Å²) in [7, 11) is 0. The molecule has 9 heteroatoms. The Kier molecular flexibility index (Phi) is 10.7. The molecule has 0 unspecified atom stereocenters. The number of fused-ring (bicyclic) bond motifs is 1. The number of halogens is 1. The summed E-state index contributed by atoms with van der Waals surface area (Å²) in [6, 6.07) is 0. The number of unbranched alkanes of at least 4 members (excludes halogenated alkanes) is 1. The van der Waals surface area contributed by atoms with Gasteiger partial charge in [0.1, 0.15) is 5.02 Å². The zero-order valence-corrected chi connectivity index (χ0v) is 20.8. The molecule has 1 aromatic heterocycles. The fraction of sp³-hybridized carbons (Fsp3) is 0.708. The Morgan fingerprint density at radius 1 is 1.09 bits per heavy atom. The number of rotatable bonds is 8. The Morgan fingerprint density at radius 2 is 1.73 bits per heavy atom. The fourth-order valence-electron chi connectivity index (χ4n) is 4.29. The summed E-state index contributed by atoms with van der Waals surface area (Å²) in [5, 5.41) is 20.9. The molecule has 0 saturated carbocycles.